The molecule has 13 nitrogen and oxygen atoms in total. The fraction of sp³-hybridized carbons (Fsp3) is 0.571. The molecule has 1 saturated heterocycles. The highest BCUT2D eigenvalue weighted by Crippen LogP contribution is 2.30. The number of nitrogens with two attached hydrogens (primary N) is 1. The number of ether oxygens (including phenoxy) is 5. The molecule has 2 heterocycles. The molecule has 0 spiro atoms. The molecular weight excluding hydrogens is 534 g/mol. The number of nitrogens with zero attached hydrogens (tertiary/aromatic N) is 3. The number of imidazole rings is 1. The maximum absolute atomic E-state index is 13.3. The van der Waals surface area contributed by atoms with E-state index in [4.69, 9.17) is 29.4 Å². The van der Waals surface area contributed by atoms with Crippen molar-refractivity contribution in [1.82, 2.24) is 19.8 Å². The van der Waals surface area contributed by atoms with E-state index < -0.39 is 47.8 Å². The average Bonchev–Trinajstić information content (AvgIpc) is 3.40. The summed E-state index contributed by atoms with van der Waals surface area (Å²) in [5, 5.41) is 2.68. The van der Waals surface area contributed by atoms with Gasteiger partial charge in [-0.1, -0.05) is 12.1 Å². The Balaban J connectivity index is 1.86. The Morgan fingerprint density at radius 3 is 2.24 bits per heavy atom. The summed E-state index contributed by atoms with van der Waals surface area (Å²) in [6.07, 6.45) is -0.852. The summed E-state index contributed by atoms with van der Waals surface area (Å²) < 4.78 is 29.4. The lowest BCUT2D eigenvalue weighted by molar-refractivity contribution is -0.0518. The second kappa shape index (κ2) is 13.0. The number of anilines is 1. The van der Waals surface area contributed by atoms with Crippen LogP contribution < -0.4 is 15.8 Å². The van der Waals surface area contributed by atoms with Crippen molar-refractivity contribution in [2.45, 2.75) is 84.0 Å². The van der Waals surface area contributed by atoms with Crippen LogP contribution in [-0.2, 0) is 31.9 Å². The molecule has 0 aliphatic carbocycles. The highest BCUT2D eigenvalue weighted by atomic mass is 16.7. The van der Waals surface area contributed by atoms with Gasteiger partial charge in [0.05, 0.1) is 19.7 Å². The minimum atomic E-state index is -1.03. The van der Waals surface area contributed by atoms with Crippen molar-refractivity contribution in [2.24, 2.45) is 0 Å². The number of hydrogen-bond acceptors (Lipinski definition) is 10. The highest BCUT2D eigenvalue weighted by molar-refractivity contribution is 5.71. The Morgan fingerprint density at radius 2 is 1.68 bits per heavy atom. The average molecular weight is 576 g/mol. The zero-order chi connectivity index (χ0) is 30.4. The summed E-state index contributed by atoms with van der Waals surface area (Å²) in [6, 6.07) is 6.56. The Kier molecular flexibility index (Phi) is 9.95. The molecule has 0 radical (unpaired) electrons. The molecule has 3 atom stereocenters. The first-order valence-electron chi connectivity index (χ1n) is 13.4. The Labute approximate surface area is 240 Å². The van der Waals surface area contributed by atoms with E-state index in [1.54, 1.807) is 77.7 Å². The number of benzene rings is 1. The zero-order valence-electron chi connectivity index (χ0n) is 24.7. The van der Waals surface area contributed by atoms with Crippen molar-refractivity contribution in [2.75, 3.05) is 25.9 Å². The van der Waals surface area contributed by atoms with Crippen LogP contribution in [0.5, 0.6) is 5.75 Å². The first-order chi connectivity index (χ1) is 19.1. The summed E-state index contributed by atoms with van der Waals surface area (Å²) in [7, 11) is 1.57. The van der Waals surface area contributed by atoms with Crippen LogP contribution in [0, 0.1) is 0 Å². The molecule has 41 heavy (non-hydrogen) atoms. The number of aromatic nitrogens is 2. The minimum absolute atomic E-state index is 0.0709. The maximum atomic E-state index is 13.3. The van der Waals surface area contributed by atoms with Gasteiger partial charge in [-0.25, -0.2) is 19.4 Å². The normalized spacial score (nSPS) is 18.9. The number of carbonyl (C=O) groups excluding carboxylic acids is 3. The van der Waals surface area contributed by atoms with Crippen LogP contribution in [0.3, 0.4) is 0 Å². The van der Waals surface area contributed by atoms with E-state index >= 15 is 0 Å². The van der Waals surface area contributed by atoms with Crippen molar-refractivity contribution >= 4 is 24.3 Å². The molecule has 1 fully saturated rings. The van der Waals surface area contributed by atoms with Gasteiger partial charge in [-0.2, -0.15) is 0 Å². The third-order valence-electron chi connectivity index (χ3n) is 6.00. The number of amides is 2. The predicted molar refractivity (Wildman–Crippen MR) is 149 cm³/mol. The number of methoxy groups -OCH3 is 1. The second-order valence-electron chi connectivity index (χ2n) is 11.6. The van der Waals surface area contributed by atoms with Gasteiger partial charge in [-0.15, -0.1) is 0 Å². The molecule has 0 bridgehead atoms. The Bertz CT molecular complexity index is 1190. The van der Waals surface area contributed by atoms with Crippen LogP contribution in [0.25, 0.3) is 0 Å². The minimum Gasteiger partial charge on any atom is -0.497 e. The van der Waals surface area contributed by atoms with E-state index in [2.05, 4.69) is 10.3 Å². The quantitative estimate of drug-likeness (QED) is 0.351. The van der Waals surface area contributed by atoms with Gasteiger partial charge in [0, 0.05) is 25.5 Å². The fourth-order valence-electron chi connectivity index (χ4n) is 4.25. The lowest BCUT2D eigenvalue weighted by atomic mass is 10.0. The van der Waals surface area contributed by atoms with Crippen LogP contribution in [0.1, 0.15) is 47.1 Å². The van der Waals surface area contributed by atoms with Gasteiger partial charge in [-0.05, 0) is 65.7 Å². The van der Waals surface area contributed by atoms with E-state index in [1.807, 2.05) is 12.1 Å². The molecule has 2 amide bonds. The summed E-state index contributed by atoms with van der Waals surface area (Å²) in [5.74, 6) is 0.982. The molecule has 1 aliphatic heterocycles. The standard InChI is InChI=1S/C28H41N5O8/c1-27(2,3)40-25(35)33-17-21(38-26(36)41-28(4,5)6)22(20(33)16-18-8-10-19(37-7)11-9-18)39-24(34)31-13-15-32-14-12-30-23(32)29/h8-12,14,20-22H,13,15-17H2,1-7H3,(H2,29,30)(H,31,34)/t20-,21+,22+/m1/s1. The summed E-state index contributed by atoms with van der Waals surface area (Å²) in [5.41, 5.74) is 5.03. The maximum Gasteiger partial charge on any atom is 0.509 e. The van der Waals surface area contributed by atoms with Crippen molar-refractivity contribution in [1.29, 1.82) is 0 Å². The number of likely N-dealkylation sites (tertiary alicyclic amines) is 1. The largest absolute Gasteiger partial charge is 0.509 e. The van der Waals surface area contributed by atoms with Gasteiger partial charge in [0.1, 0.15) is 17.0 Å². The predicted octanol–water partition coefficient (Wildman–Crippen LogP) is 3.75. The molecule has 2 aromatic rings. The number of rotatable bonds is 8. The Hall–Kier alpha value is -4.16. The SMILES string of the molecule is COc1ccc(C[C@@H]2[C@H](OC(=O)NCCn3ccnc3N)[C@@H](OC(=O)OC(C)(C)C)CN2C(=O)OC(C)(C)C)cc1. The highest BCUT2D eigenvalue weighted by Gasteiger charge is 2.50. The molecule has 1 aliphatic rings. The Morgan fingerprint density at radius 1 is 1.02 bits per heavy atom. The van der Waals surface area contributed by atoms with Crippen LogP contribution in [0.15, 0.2) is 36.7 Å². The number of nitrogens with one attached hydrogen (secondary N) is 1. The van der Waals surface area contributed by atoms with E-state index in [9.17, 15) is 14.4 Å². The third-order valence-corrected chi connectivity index (χ3v) is 6.00. The first kappa shape index (κ1) is 31.4. The van der Waals surface area contributed by atoms with Crippen LogP contribution in [-0.4, -0.2) is 82.4 Å². The van der Waals surface area contributed by atoms with Gasteiger partial charge < -0.3 is 39.3 Å². The summed E-state index contributed by atoms with van der Waals surface area (Å²) in [6.45, 7) is 10.9. The molecule has 0 saturated carbocycles. The monoisotopic (exact) mass is 575 g/mol. The second-order valence-corrected chi connectivity index (χ2v) is 11.6. The van der Waals surface area contributed by atoms with E-state index in [1.165, 1.54) is 4.90 Å². The van der Waals surface area contributed by atoms with Gasteiger partial charge in [0.15, 0.2) is 18.2 Å². The number of hydrogen-bond donors (Lipinski definition) is 2. The molecular formula is C28H41N5O8. The van der Waals surface area contributed by atoms with Crippen LogP contribution in [0.2, 0.25) is 0 Å². The van der Waals surface area contributed by atoms with Gasteiger partial charge >= 0.3 is 18.3 Å². The topological polar surface area (TPSA) is 156 Å². The molecule has 1 aromatic carbocycles. The van der Waals surface area contributed by atoms with Crippen LogP contribution in [0.4, 0.5) is 20.3 Å². The first-order valence-corrected chi connectivity index (χ1v) is 13.4. The van der Waals surface area contributed by atoms with Crippen molar-refractivity contribution in [3.8, 4) is 5.75 Å². The van der Waals surface area contributed by atoms with E-state index in [0.717, 1.165) is 5.56 Å². The zero-order valence-corrected chi connectivity index (χ0v) is 24.7. The third kappa shape index (κ3) is 9.47. The van der Waals surface area contributed by atoms with Crippen molar-refractivity contribution in [3.05, 3.63) is 42.2 Å². The lowest BCUT2D eigenvalue weighted by Gasteiger charge is -2.30. The molecule has 3 N–H and O–H groups in total. The molecule has 226 valence electrons. The molecule has 3 rings (SSSR count). The van der Waals surface area contributed by atoms with Gasteiger partial charge in [-0.3, -0.25) is 4.90 Å². The summed E-state index contributed by atoms with van der Waals surface area (Å²) in [4.78, 5) is 44.3. The number of alkyl carbamates (subject to hydrolysis) is 1. The van der Waals surface area contributed by atoms with E-state index in [0.29, 0.717) is 18.2 Å². The van der Waals surface area contributed by atoms with Crippen molar-refractivity contribution < 1.29 is 38.1 Å². The molecule has 0 unspecified atom stereocenters. The van der Waals surface area contributed by atoms with E-state index in [-0.39, 0.29) is 19.5 Å². The van der Waals surface area contributed by atoms with Gasteiger partial charge in [0.2, 0.25) is 0 Å². The van der Waals surface area contributed by atoms with Crippen LogP contribution >= 0.6 is 0 Å². The smallest absolute Gasteiger partial charge is 0.497 e. The molecule has 13 heteroatoms. The van der Waals surface area contributed by atoms with Gasteiger partial charge in [0.25, 0.3) is 0 Å². The fourth-order valence-corrected chi connectivity index (χ4v) is 4.25. The summed E-state index contributed by atoms with van der Waals surface area (Å²) >= 11 is 0. The molecule has 1 aromatic heterocycles. The number of nitrogen functional groups attached to an aromatic ring is 1. The lowest BCUT2D eigenvalue weighted by Crippen LogP contribution is -2.46. The van der Waals surface area contributed by atoms with Crippen molar-refractivity contribution in [3.63, 3.8) is 0 Å². The number of carbonyl (C=O) groups is 3.